The van der Waals surface area contributed by atoms with Crippen LogP contribution in [0.15, 0.2) is 36.7 Å². The highest BCUT2D eigenvalue weighted by atomic mass is 19.1. The second-order valence-corrected chi connectivity index (χ2v) is 6.64. The second kappa shape index (κ2) is 8.21. The minimum absolute atomic E-state index is 0.179. The summed E-state index contributed by atoms with van der Waals surface area (Å²) >= 11 is 0. The Morgan fingerprint density at radius 3 is 2.69 bits per heavy atom. The van der Waals surface area contributed by atoms with Gasteiger partial charge in [-0.15, -0.1) is 0 Å². The van der Waals surface area contributed by atoms with E-state index in [1.807, 2.05) is 0 Å². The number of carbonyl (C=O) groups excluding carboxylic acids is 1. The number of aromatic nitrogens is 4. The van der Waals surface area contributed by atoms with Crippen LogP contribution in [0.4, 0.5) is 15.8 Å². The molecule has 1 aromatic carbocycles. The fraction of sp³-hybridized carbons (Fsp3) is 0.316. The summed E-state index contributed by atoms with van der Waals surface area (Å²) in [7, 11) is 0. The zero-order valence-electron chi connectivity index (χ0n) is 16.3. The zero-order chi connectivity index (χ0) is 21.1. The van der Waals surface area contributed by atoms with Gasteiger partial charge in [0.05, 0.1) is 28.5 Å². The number of amides is 1. The number of halogens is 1. The third-order valence-corrected chi connectivity index (χ3v) is 4.72. The van der Waals surface area contributed by atoms with Crippen LogP contribution in [0, 0.1) is 29.8 Å². The highest BCUT2D eigenvalue weighted by Gasteiger charge is 2.24. The number of aryl methyl sites for hydroxylation is 1. The lowest BCUT2D eigenvalue weighted by molar-refractivity contribution is -0.385. The Labute approximate surface area is 166 Å². The molecule has 0 saturated carbocycles. The first kappa shape index (κ1) is 20.2. The normalized spacial score (nSPS) is 12.0. The largest absolute Gasteiger partial charge is 0.321 e. The van der Waals surface area contributed by atoms with Gasteiger partial charge in [-0.2, -0.15) is 10.2 Å². The Kier molecular flexibility index (Phi) is 5.71. The maximum Gasteiger partial charge on any atom is 0.307 e. The molecule has 0 saturated heterocycles. The summed E-state index contributed by atoms with van der Waals surface area (Å²) < 4.78 is 16.9. The molecule has 1 amide bonds. The summed E-state index contributed by atoms with van der Waals surface area (Å²) in [5.41, 5.74) is 2.12. The zero-order valence-corrected chi connectivity index (χ0v) is 16.3. The Morgan fingerprint density at radius 1 is 1.34 bits per heavy atom. The lowest BCUT2D eigenvalue weighted by Gasteiger charge is -2.15. The van der Waals surface area contributed by atoms with Crippen LogP contribution in [0.2, 0.25) is 0 Å². The van der Waals surface area contributed by atoms with Crippen molar-refractivity contribution in [1.29, 1.82) is 0 Å². The van der Waals surface area contributed by atoms with E-state index in [2.05, 4.69) is 15.5 Å². The highest BCUT2D eigenvalue weighted by molar-refractivity contribution is 5.94. The van der Waals surface area contributed by atoms with Gasteiger partial charge in [-0.3, -0.25) is 24.3 Å². The van der Waals surface area contributed by atoms with Crippen molar-refractivity contribution in [3.63, 3.8) is 0 Å². The van der Waals surface area contributed by atoms with Crippen molar-refractivity contribution in [3.8, 4) is 0 Å². The number of hydrogen-bond acceptors (Lipinski definition) is 5. The monoisotopic (exact) mass is 400 g/mol. The van der Waals surface area contributed by atoms with Crippen molar-refractivity contribution in [2.45, 2.75) is 39.8 Å². The SMILES string of the molecule is CCC(C(=O)Nc1c(C)nn(Cc2ccccc2F)c1C)n1cc([N+](=O)[O-])cn1. The van der Waals surface area contributed by atoms with Crippen LogP contribution in [0.5, 0.6) is 0 Å². The molecule has 29 heavy (non-hydrogen) atoms. The van der Waals surface area contributed by atoms with E-state index >= 15 is 0 Å². The van der Waals surface area contributed by atoms with Crippen molar-refractivity contribution in [3.05, 3.63) is 69.5 Å². The molecule has 0 aliphatic rings. The van der Waals surface area contributed by atoms with Gasteiger partial charge in [-0.1, -0.05) is 25.1 Å². The molecule has 0 aliphatic carbocycles. The Morgan fingerprint density at radius 2 is 2.07 bits per heavy atom. The Balaban J connectivity index is 1.81. The van der Waals surface area contributed by atoms with Crippen LogP contribution in [-0.2, 0) is 11.3 Å². The van der Waals surface area contributed by atoms with E-state index in [-0.39, 0.29) is 24.0 Å². The molecular formula is C19H21FN6O3. The van der Waals surface area contributed by atoms with Crippen LogP contribution in [0.3, 0.4) is 0 Å². The van der Waals surface area contributed by atoms with Crippen molar-refractivity contribution < 1.29 is 14.1 Å². The maximum absolute atomic E-state index is 14.0. The minimum atomic E-state index is -0.711. The fourth-order valence-electron chi connectivity index (χ4n) is 3.11. The molecule has 1 atom stereocenters. The van der Waals surface area contributed by atoms with Crippen LogP contribution < -0.4 is 5.32 Å². The first-order valence-electron chi connectivity index (χ1n) is 9.08. The van der Waals surface area contributed by atoms with Crippen LogP contribution in [0.1, 0.15) is 36.3 Å². The molecule has 3 aromatic rings. The molecule has 1 N–H and O–H groups in total. The predicted octanol–water partition coefficient (Wildman–Crippen LogP) is 3.38. The predicted molar refractivity (Wildman–Crippen MR) is 104 cm³/mol. The standard InChI is InChI=1S/C19H21FN6O3/c1-4-17(25-11-15(9-21-25)26(28)29)19(27)22-18-12(2)23-24(13(18)3)10-14-7-5-6-8-16(14)20/h5-9,11,17H,4,10H2,1-3H3,(H,22,27). The first-order chi connectivity index (χ1) is 13.8. The van der Waals surface area contributed by atoms with Gasteiger partial charge in [0.15, 0.2) is 0 Å². The first-order valence-corrected chi connectivity index (χ1v) is 9.08. The maximum atomic E-state index is 14.0. The average Bonchev–Trinajstić information content (AvgIpc) is 3.26. The average molecular weight is 400 g/mol. The highest BCUT2D eigenvalue weighted by Crippen LogP contribution is 2.24. The van der Waals surface area contributed by atoms with Gasteiger partial charge in [0.1, 0.15) is 24.3 Å². The number of nitrogens with zero attached hydrogens (tertiary/aromatic N) is 5. The lowest BCUT2D eigenvalue weighted by atomic mass is 10.2. The van der Waals surface area contributed by atoms with Crippen molar-refractivity contribution in [2.75, 3.05) is 5.32 Å². The smallest absolute Gasteiger partial charge is 0.307 e. The van der Waals surface area contributed by atoms with E-state index in [1.54, 1.807) is 43.7 Å². The summed E-state index contributed by atoms with van der Waals surface area (Å²) in [4.78, 5) is 23.1. The van der Waals surface area contributed by atoms with E-state index in [0.717, 1.165) is 6.20 Å². The molecule has 0 bridgehead atoms. The molecule has 0 aliphatic heterocycles. The van der Waals surface area contributed by atoms with Gasteiger partial charge in [0, 0.05) is 5.56 Å². The van der Waals surface area contributed by atoms with E-state index in [4.69, 9.17) is 0 Å². The molecule has 9 nitrogen and oxygen atoms in total. The molecule has 2 aromatic heterocycles. The number of rotatable bonds is 7. The summed E-state index contributed by atoms with van der Waals surface area (Å²) in [6.45, 7) is 5.56. The summed E-state index contributed by atoms with van der Waals surface area (Å²) in [5, 5.41) is 22.1. The topological polar surface area (TPSA) is 108 Å². The molecule has 1 unspecified atom stereocenters. The van der Waals surface area contributed by atoms with Crippen LogP contribution >= 0.6 is 0 Å². The van der Waals surface area contributed by atoms with E-state index in [9.17, 15) is 19.3 Å². The number of hydrogen-bond donors (Lipinski definition) is 1. The number of anilines is 1. The second-order valence-electron chi connectivity index (χ2n) is 6.64. The summed E-state index contributed by atoms with van der Waals surface area (Å²) in [6, 6.07) is 5.73. The quantitative estimate of drug-likeness (QED) is 0.483. The van der Waals surface area contributed by atoms with Gasteiger partial charge in [0.25, 0.3) is 0 Å². The molecule has 2 heterocycles. The van der Waals surface area contributed by atoms with E-state index < -0.39 is 11.0 Å². The molecule has 0 fully saturated rings. The van der Waals surface area contributed by atoms with E-state index in [0.29, 0.717) is 29.1 Å². The molecule has 3 rings (SSSR count). The molecule has 10 heteroatoms. The number of benzene rings is 1. The van der Waals surface area contributed by atoms with Crippen molar-refractivity contribution in [2.24, 2.45) is 0 Å². The van der Waals surface area contributed by atoms with Crippen LogP contribution in [0.25, 0.3) is 0 Å². The number of nitro groups is 1. The van der Waals surface area contributed by atoms with Gasteiger partial charge < -0.3 is 5.32 Å². The fourth-order valence-corrected chi connectivity index (χ4v) is 3.11. The third-order valence-electron chi connectivity index (χ3n) is 4.72. The molecule has 152 valence electrons. The van der Waals surface area contributed by atoms with Gasteiger partial charge in [-0.05, 0) is 26.3 Å². The van der Waals surface area contributed by atoms with Crippen molar-refractivity contribution in [1.82, 2.24) is 19.6 Å². The Bertz CT molecular complexity index is 1060. The van der Waals surface area contributed by atoms with Gasteiger partial charge >= 0.3 is 5.69 Å². The molecule has 0 radical (unpaired) electrons. The lowest BCUT2D eigenvalue weighted by Crippen LogP contribution is -2.26. The minimum Gasteiger partial charge on any atom is -0.321 e. The van der Waals surface area contributed by atoms with Crippen LogP contribution in [-0.4, -0.2) is 30.4 Å². The summed E-state index contributed by atoms with van der Waals surface area (Å²) in [5.74, 6) is -0.681. The van der Waals surface area contributed by atoms with Gasteiger partial charge in [-0.25, -0.2) is 4.39 Å². The molecular weight excluding hydrogens is 379 g/mol. The number of nitrogens with one attached hydrogen (secondary N) is 1. The molecule has 0 spiro atoms. The van der Waals surface area contributed by atoms with Gasteiger partial charge in [0.2, 0.25) is 5.91 Å². The Hall–Kier alpha value is -3.56. The van der Waals surface area contributed by atoms with E-state index in [1.165, 1.54) is 16.9 Å². The third kappa shape index (κ3) is 4.15. The van der Waals surface area contributed by atoms with Crippen molar-refractivity contribution >= 4 is 17.3 Å². The number of carbonyl (C=O) groups is 1. The summed E-state index contributed by atoms with van der Waals surface area (Å²) in [6.07, 6.45) is 2.74.